The van der Waals surface area contributed by atoms with Gasteiger partial charge < -0.3 is 39.8 Å². The molecule has 2 amide bonds. The number of para-hydroxylation sites is 1. The summed E-state index contributed by atoms with van der Waals surface area (Å²) in [5.41, 5.74) is 1.70. The topological polar surface area (TPSA) is 123 Å². The van der Waals surface area contributed by atoms with E-state index >= 15 is 0 Å². The minimum Gasteiger partial charge on any atom is -0.493 e. The number of aromatic nitrogens is 1. The molecule has 11 nitrogen and oxygen atoms in total. The lowest BCUT2D eigenvalue weighted by Gasteiger charge is -2.34. The molecule has 1 aromatic heterocycles. The number of hydrogen-bond donors (Lipinski definition) is 3. The molecular formula is C31H38ClN5O6S. The van der Waals surface area contributed by atoms with Crippen LogP contribution >= 0.6 is 23.8 Å². The number of pyridine rings is 1. The number of thiocarbonyl (C=S) groups is 1. The Labute approximate surface area is 267 Å². The first-order valence-corrected chi connectivity index (χ1v) is 15.3. The summed E-state index contributed by atoms with van der Waals surface area (Å²) in [7, 11) is 1.53. The summed E-state index contributed by atoms with van der Waals surface area (Å²) in [5.74, 6) is 0.784. The number of halogens is 1. The molecular weight excluding hydrogens is 606 g/mol. The number of morpholine rings is 1. The molecule has 0 radical (unpaired) electrons. The molecule has 1 aliphatic carbocycles. The van der Waals surface area contributed by atoms with Gasteiger partial charge in [0.05, 0.1) is 42.7 Å². The van der Waals surface area contributed by atoms with E-state index in [1.165, 1.54) is 7.11 Å². The Morgan fingerprint density at radius 2 is 2.09 bits per heavy atom. The highest BCUT2D eigenvalue weighted by Crippen LogP contribution is 2.44. The second-order valence-corrected chi connectivity index (χ2v) is 12.9. The SMILES string of the molecule is COc1c(Cl)cccc1NC(=S)C1=C(NCc2ccncc2OC[C@@H]2CN(C(=O)OC(C)(C)C)CCO2)CC2(CC2)NC1=O. The number of hydrogen-bond acceptors (Lipinski definition) is 9. The summed E-state index contributed by atoms with van der Waals surface area (Å²) >= 11 is 12.0. The van der Waals surface area contributed by atoms with Crippen LogP contribution in [0.15, 0.2) is 47.9 Å². The Morgan fingerprint density at radius 3 is 2.82 bits per heavy atom. The van der Waals surface area contributed by atoms with Crippen LogP contribution in [-0.4, -0.2) is 77.5 Å². The molecule has 0 bridgehead atoms. The van der Waals surface area contributed by atoms with Gasteiger partial charge in [0.15, 0.2) is 5.75 Å². The molecule has 44 heavy (non-hydrogen) atoms. The van der Waals surface area contributed by atoms with Gasteiger partial charge in [0.25, 0.3) is 5.91 Å². The summed E-state index contributed by atoms with van der Waals surface area (Å²) in [6.45, 7) is 7.34. The summed E-state index contributed by atoms with van der Waals surface area (Å²) in [6, 6.07) is 7.15. The third kappa shape index (κ3) is 7.72. The molecule has 3 aliphatic rings. The van der Waals surface area contributed by atoms with Gasteiger partial charge in [-0.1, -0.05) is 29.9 Å². The molecule has 1 saturated carbocycles. The fraction of sp³-hybridized carbons (Fsp3) is 0.484. The molecule has 13 heteroatoms. The first-order chi connectivity index (χ1) is 21.0. The number of ether oxygens (including phenoxy) is 4. The Morgan fingerprint density at radius 1 is 1.30 bits per heavy atom. The largest absolute Gasteiger partial charge is 0.493 e. The summed E-state index contributed by atoms with van der Waals surface area (Å²) in [4.78, 5) is 32.0. The van der Waals surface area contributed by atoms with E-state index in [0.29, 0.717) is 60.4 Å². The van der Waals surface area contributed by atoms with E-state index in [0.717, 1.165) is 24.1 Å². The maximum absolute atomic E-state index is 13.3. The van der Waals surface area contributed by atoms with Crippen LogP contribution in [0.4, 0.5) is 10.5 Å². The molecule has 2 aromatic rings. The van der Waals surface area contributed by atoms with E-state index in [4.69, 9.17) is 42.8 Å². The third-order valence-electron chi connectivity index (χ3n) is 7.50. The van der Waals surface area contributed by atoms with Crippen molar-refractivity contribution in [2.45, 2.75) is 63.8 Å². The summed E-state index contributed by atoms with van der Waals surface area (Å²) in [6.07, 6.45) is 5.08. The molecule has 1 atom stereocenters. The minimum atomic E-state index is -0.575. The van der Waals surface area contributed by atoms with E-state index in [2.05, 4.69) is 20.9 Å². The number of carbonyl (C=O) groups is 2. The number of methoxy groups -OCH3 is 1. The standard InChI is InChI=1S/C31H38ClN5O6S/c1-30(2,3)43-29(39)37-12-13-41-20(17-37)18-42-24-16-33-11-8-19(24)15-34-23-14-31(9-10-31)36-27(38)25(23)28(44)35-22-7-5-6-21(32)26(22)40-4/h5-8,11,16,20,34H,9-10,12-15,17-18H2,1-4H3,(H,35,44)(H,36,38)/t20-/m0/s1. The molecule has 2 fully saturated rings. The highest BCUT2D eigenvalue weighted by molar-refractivity contribution is 7.81. The zero-order valence-electron chi connectivity index (χ0n) is 25.3. The zero-order chi connectivity index (χ0) is 31.5. The zero-order valence-corrected chi connectivity index (χ0v) is 26.9. The Hall–Kier alpha value is -3.61. The number of carbonyl (C=O) groups excluding carboxylic acids is 2. The fourth-order valence-electron chi connectivity index (χ4n) is 5.14. The van der Waals surface area contributed by atoms with Gasteiger partial charge in [0, 0.05) is 42.5 Å². The predicted octanol–water partition coefficient (Wildman–Crippen LogP) is 4.59. The van der Waals surface area contributed by atoms with Crippen LogP contribution in [0.2, 0.25) is 5.02 Å². The van der Waals surface area contributed by atoms with Crippen LogP contribution in [0.1, 0.15) is 45.6 Å². The number of anilines is 1. The average molecular weight is 644 g/mol. The van der Waals surface area contributed by atoms with Crippen molar-refractivity contribution in [2.24, 2.45) is 0 Å². The van der Waals surface area contributed by atoms with Gasteiger partial charge in [-0.3, -0.25) is 9.78 Å². The van der Waals surface area contributed by atoms with Crippen LogP contribution < -0.4 is 25.4 Å². The third-order valence-corrected chi connectivity index (χ3v) is 8.10. The van der Waals surface area contributed by atoms with Crippen molar-refractivity contribution in [2.75, 3.05) is 38.7 Å². The molecule has 0 unspecified atom stereocenters. The second kappa shape index (κ2) is 13.2. The molecule has 5 rings (SSSR count). The van der Waals surface area contributed by atoms with E-state index in [9.17, 15) is 9.59 Å². The lowest BCUT2D eigenvalue weighted by Crippen LogP contribution is -2.49. The van der Waals surface area contributed by atoms with Gasteiger partial charge in [0.1, 0.15) is 29.0 Å². The molecule has 1 saturated heterocycles. The van der Waals surface area contributed by atoms with Gasteiger partial charge in [-0.2, -0.15) is 0 Å². The van der Waals surface area contributed by atoms with Crippen molar-refractivity contribution in [3.05, 3.63) is 58.5 Å². The second-order valence-electron chi connectivity index (χ2n) is 12.1. The van der Waals surface area contributed by atoms with Crippen molar-refractivity contribution < 1.29 is 28.5 Å². The minimum absolute atomic E-state index is 0.229. The predicted molar refractivity (Wildman–Crippen MR) is 170 cm³/mol. The Balaban J connectivity index is 1.27. The first kappa shape index (κ1) is 31.8. The first-order valence-electron chi connectivity index (χ1n) is 14.6. The quantitative estimate of drug-likeness (QED) is 0.334. The Kier molecular flexibility index (Phi) is 9.52. The summed E-state index contributed by atoms with van der Waals surface area (Å²) < 4.78 is 23.0. The van der Waals surface area contributed by atoms with Gasteiger partial charge in [-0.25, -0.2) is 4.79 Å². The lowest BCUT2D eigenvalue weighted by atomic mass is 9.98. The Bertz CT molecular complexity index is 1460. The molecule has 3 heterocycles. The van der Waals surface area contributed by atoms with Crippen LogP contribution in [-0.2, 0) is 20.8 Å². The monoisotopic (exact) mass is 643 g/mol. The van der Waals surface area contributed by atoms with Crippen LogP contribution in [0, 0.1) is 0 Å². The van der Waals surface area contributed by atoms with Crippen LogP contribution in [0.5, 0.6) is 11.5 Å². The van der Waals surface area contributed by atoms with Gasteiger partial charge in [-0.05, 0) is 51.8 Å². The molecule has 1 spiro atoms. The van der Waals surface area contributed by atoms with E-state index < -0.39 is 5.60 Å². The van der Waals surface area contributed by atoms with E-state index in [1.54, 1.807) is 35.5 Å². The number of benzene rings is 1. The smallest absolute Gasteiger partial charge is 0.410 e. The number of nitrogens with zero attached hydrogens (tertiary/aromatic N) is 2. The lowest BCUT2D eigenvalue weighted by molar-refractivity contribution is -0.118. The molecule has 1 aromatic carbocycles. The van der Waals surface area contributed by atoms with Crippen molar-refractivity contribution in [3.63, 3.8) is 0 Å². The van der Waals surface area contributed by atoms with E-state index in [1.807, 2.05) is 26.8 Å². The maximum Gasteiger partial charge on any atom is 0.410 e. The van der Waals surface area contributed by atoms with Crippen molar-refractivity contribution in [1.82, 2.24) is 20.5 Å². The van der Waals surface area contributed by atoms with Gasteiger partial charge in [-0.15, -0.1) is 0 Å². The van der Waals surface area contributed by atoms with Gasteiger partial charge in [0.2, 0.25) is 0 Å². The van der Waals surface area contributed by atoms with Crippen molar-refractivity contribution in [3.8, 4) is 11.5 Å². The van der Waals surface area contributed by atoms with Crippen molar-refractivity contribution in [1.29, 1.82) is 0 Å². The van der Waals surface area contributed by atoms with Crippen molar-refractivity contribution >= 4 is 46.5 Å². The maximum atomic E-state index is 13.3. The van der Waals surface area contributed by atoms with Crippen LogP contribution in [0.25, 0.3) is 0 Å². The average Bonchev–Trinajstić information content (AvgIpc) is 3.72. The normalized spacial score (nSPS) is 19.2. The van der Waals surface area contributed by atoms with E-state index in [-0.39, 0.29) is 35.2 Å². The highest BCUT2D eigenvalue weighted by atomic mass is 35.5. The van der Waals surface area contributed by atoms with Crippen LogP contribution in [0.3, 0.4) is 0 Å². The molecule has 2 aliphatic heterocycles. The number of nitrogens with one attached hydrogen (secondary N) is 3. The molecule has 236 valence electrons. The highest BCUT2D eigenvalue weighted by Gasteiger charge is 2.49. The summed E-state index contributed by atoms with van der Waals surface area (Å²) in [5, 5.41) is 10.2. The van der Waals surface area contributed by atoms with Gasteiger partial charge >= 0.3 is 6.09 Å². The fourth-order valence-corrected chi connectivity index (χ4v) is 5.71. The molecule has 3 N–H and O–H groups in total. The number of rotatable bonds is 9. The number of amides is 2.